The number of esters is 1. The highest BCUT2D eigenvalue weighted by Gasteiger charge is 2.11. The van der Waals surface area contributed by atoms with E-state index >= 15 is 0 Å². The number of carbonyl (C=O) groups excluding carboxylic acids is 1. The highest BCUT2D eigenvalue weighted by molar-refractivity contribution is 6.28. The first-order valence-electron chi connectivity index (χ1n) is 4.07. The van der Waals surface area contributed by atoms with Gasteiger partial charge >= 0.3 is 11.9 Å². The lowest BCUT2D eigenvalue weighted by molar-refractivity contribution is -0.163. The fourth-order valence-electron chi connectivity index (χ4n) is 0.911. The summed E-state index contributed by atoms with van der Waals surface area (Å²) in [5, 5.41) is 8.17. The van der Waals surface area contributed by atoms with Crippen molar-refractivity contribution in [3.05, 3.63) is 18.2 Å². The summed E-state index contributed by atoms with van der Waals surface area (Å²) in [5.41, 5.74) is 0.927. The van der Waals surface area contributed by atoms with E-state index in [9.17, 15) is 9.59 Å². The lowest BCUT2D eigenvalue weighted by Gasteiger charge is -1.99. The van der Waals surface area contributed by atoms with Crippen LogP contribution in [-0.4, -0.2) is 33.6 Å². The molecular formula is C8H10N2O4. The molecule has 0 aliphatic rings. The van der Waals surface area contributed by atoms with Crippen LogP contribution in [0.3, 0.4) is 0 Å². The van der Waals surface area contributed by atoms with Gasteiger partial charge in [-0.1, -0.05) is 0 Å². The molecule has 0 aliphatic carbocycles. The van der Waals surface area contributed by atoms with E-state index in [4.69, 9.17) is 5.11 Å². The Morgan fingerprint density at radius 2 is 2.36 bits per heavy atom. The van der Waals surface area contributed by atoms with Crippen molar-refractivity contribution < 1.29 is 19.4 Å². The van der Waals surface area contributed by atoms with Crippen LogP contribution in [0.15, 0.2) is 12.5 Å². The van der Waals surface area contributed by atoms with E-state index < -0.39 is 11.9 Å². The predicted molar refractivity (Wildman–Crippen MR) is 45.5 cm³/mol. The van der Waals surface area contributed by atoms with Gasteiger partial charge in [0.1, 0.15) is 0 Å². The van der Waals surface area contributed by atoms with E-state index in [1.54, 1.807) is 12.5 Å². The zero-order chi connectivity index (χ0) is 10.4. The molecular weight excluding hydrogens is 188 g/mol. The number of carboxylic acid groups (broad SMARTS) is 1. The molecule has 0 spiro atoms. The van der Waals surface area contributed by atoms with E-state index in [0.717, 1.165) is 5.69 Å². The van der Waals surface area contributed by atoms with Gasteiger partial charge in [-0.15, -0.1) is 0 Å². The number of hydrogen-bond acceptors (Lipinski definition) is 4. The van der Waals surface area contributed by atoms with Crippen LogP contribution in [0.1, 0.15) is 12.1 Å². The smallest absolute Gasteiger partial charge is 0.417 e. The summed E-state index contributed by atoms with van der Waals surface area (Å²) in [4.78, 5) is 27.2. The topological polar surface area (TPSA) is 92.3 Å². The normalized spacial score (nSPS) is 9.71. The van der Waals surface area contributed by atoms with Gasteiger partial charge in [0.05, 0.1) is 12.9 Å². The van der Waals surface area contributed by atoms with Gasteiger partial charge in [0.25, 0.3) is 0 Å². The molecule has 0 saturated carbocycles. The Labute approximate surface area is 79.9 Å². The average Bonchev–Trinajstić information content (AvgIpc) is 2.64. The van der Waals surface area contributed by atoms with Crippen LogP contribution in [0.25, 0.3) is 0 Å². The lowest BCUT2D eigenvalue weighted by atomic mass is 10.3. The molecule has 0 bridgehead atoms. The lowest BCUT2D eigenvalue weighted by Crippen LogP contribution is -2.17. The molecule has 0 aromatic carbocycles. The highest BCUT2D eigenvalue weighted by atomic mass is 16.6. The largest absolute Gasteiger partial charge is 0.473 e. The minimum atomic E-state index is -1.56. The maximum atomic E-state index is 10.5. The van der Waals surface area contributed by atoms with E-state index in [0.29, 0.717) is 12.8 Å². The number of aromatic nitrogens is 2. The Hall–Kier alpha value is -1.85. The Kier molecular flexibility index (Phi) is 3.66. The molecule has 0 atom stereocenters. The maximum Gasteiger partial charge on any atom is 0.417 e. The summed E-state index contributed by atoms with van der Waals surface area (Å²) in [6.45, 7) is 0.101. The third-order valence-electron chi connectivity index (χ3n) is 1.55. The number of H-pyrrole nitrogens is 1. The summed E-state index contributed by atoms with van der Waals surface area (Å²) in [7, 11) is 0. The van der Waals surface area contributed by atoms with Crippen LogP contribution in [0.4, 0.5) is 0 Å². The number of hydrogen-bond donors (Lipinski definition) is 2. The Morgan fingerprint density at radius 3 is 2.93 bits per heavy atom. The van der Waals surface area contributed by atoms with Crippen LogP contribution in [0.2, 0.25) is 0 Å². The van der Waals surface area contributed by atoms with Crippen molar-refractivity contribution in [2.24, 2.45) is 0 Å². The van der Waals surface area contributed by atoms with Crippen molar-refractivity contribution >= 4 is 11.9 Å². The van der Waals surface area contributed by atoms with Crippen molar-refractivity contribution in [2.45, 2.75) is 12.8 Å². The number of aryl methyl sites for hydroxylation is 1. The van der Waals surface area contributed by atoms with Crippen LogP contribution in [-0.2, 0) is 20.7 Å². The van der Waals surface area contributed by atoms with Gasteiger partial charge in [-0.25, -0.2) is 14.6 Å². The molecule has 1 aromatic rings. The number of aromatic amines is 1. The van der Waals surface area contributed by atoms with Gasteiger partial charge in [0, 0.05) is 11.9 Å². The Balaban J connectivity index is 2.11. The Bertz CT molecular complexity index is 307. The number of nitrogens with zero attached hydrogens (tertiary/aromatic N) is 1. The molecule has 0 fully saturated rings. The molecule has 1 heterocycles. The molecule has 0 unspecified atom stereocenters. The van der Waals surface area contributed by atoms with Crippen LogP contribution in [0, 0.1) is 0 Å². The fourth-order valence-corrected chi connectivity index (χ4v) is 0.911. The van der Waals surface area contributed by atoms with E-state index in [-0.39, 0.29) is 6.61 Å². The predicted octanol–water partition coefficient (Wildman–Crippen LogP) is -0.0299. The molecule has 0 radical (unpaired) electrons. The van der Waals surface area contributed by atoms with Gasteiger partial charge in [-0.05, 0) is 12.8 Å². The number of carbonyl (C=O) groups is 2. The van der Waals surface area contributed by atoms with Gasteiger partial charge in [-0.3, -0.25) is 0 Å². The van der Waals surface area contributed by atoms with Gasteiger partial charge in [-0.2, -0.15) is 0 Å². The molecule has 1 aromatic heterocycles. The molecule has 76 valence electrons. The number of aliphatic carboxylic acids is 1. The third-order valence-corrected chi connectivity index (χ3v) is 1.55. The molecule has 1 rings (SSSR count). The van der Waals surface area contributed by atoms with Crippen molar-refractivity contribution in [3.8, 4) is 0 Å². The molecule has 2 N–H and O–H groups in total. The molecule has 6 heteroatoms. The first kappa shape index (κ1) is 10.2. The third kappa shape index (κ3) is 3.26. The quantitative estimate of drug-likeness (QED) is 0.402. The minimum absolute atomic E-state index is 0.101. The van der Waals surface area contributed by atoms with Gasteiger partial charge in [0.15, 0.2) is 0 Å². The molecule has 6 nitrogen and oxygen atoms in total. The van der Waals surface area contributed by atoms with Crippen LogP contribution >= 0.6 is 0 Å². The maximum absolute atomic E-state index is 10.5. The van der Waals surface area contributed by atoms with Crippen LogP contribution in [0.5, 0.6) is 0 Å². The number of imidazole rings is 1. The summed E-state index contributed by atoms with van der Waals surface area (Å²) in [5.74, 6) is -2.78. The summed E-state index contributed by atoms with van der Waals surface area (Å²) < 4.78 is 4.43. The first-order chi connectivity index (χ1) is 6.70. The fraction of sp³-hybridized carbons (Fsp3) is 0.375. The highest BCUT2D eigenvalue weighted by Crippen LogP contribution is 1.97. The van der Waals surface area contributed by atoms with E-state index in [1.165, 1.54) is 0 Å². The van der Waals surface area contributed by atoms with Crippen molar-refractivity contribution in [3.63, 3.8) is 0 Å². The second kappa shape index (κ2) is 5.00. The molecule has 0 aliphatic heterocycles. The zero-order valence-corrected chi connectivity index (χ0v) is 7.40. The minimum Gasteiger partial charge on any atom is -0.473 e. The summed E-state index contributed by atoms with van der Waals surface area (Å²) in [6.07, 6.45) is 4.46. The number of rotatable bonds is 4. The summed E-state index contributed by atoms with van der Waals surface area (Å²) >= 11 is 0. The molecule has 0 saturated heterocycles. The van der Waals surface area contributed by atoms with E-state index in [1.807, 2.05) is 0 Å². The average molecular weight is 198 g/mol. The second-order valence-corrected chi connectivity index (χ2v) is 2.62. The van der Waals surface area contributed by atoms with Gasteiger partial charge in [0.2, 0.25) is 0 Å². The van der Waals surface area contributed by atoms with E-state index in [2.05, 4.69) is 14.7 Å². The standard InChI is InChI=1S/C8H10N2O4/c11-7(12)8(13)14-3-1-2-6-4-9-5-10-6/h4-5H,1-3H2,(H,9,10)(H,11,12). The monoisotopic (exact) mass is 198 g/mol. The molecule has 0 amide bonds. The number of ether oxygens (including phenoxy) is 1. The Morgan fingerprint density at radius 1 is 1.57 bits per heavy atom. The van der Waals surface area contributed by atoms with Crippen molar-refractivity contribution in [1.29, 1.82) is 0 Å². The SMILES string of the molecule is O=C(O)C(=O)OCCCc1cnc[nH]1. The van der Waals surface area contributed by atoms with Gasteiger partial charge < -0.3 is 14.8 Å². The molecule has 14 heavy (non-hydrogen) atoms. The summed E-state index contributed by atoms with van der Waals surface area (Å²) in [6, 6.07) is 0. The number of carboxylic acids is 1. The zero-order valence-electron chi connectivity index (χ0n) is 7.40. The second-order valence-electron chi connectivity index (χ2n) is 2.62. The first-order valence-corrected chi connectivity index (χ1v) is 4.07. The van der Waals surface area contributed by atoms with Crippen molar-refractivity contribution in [2.75, 3.05) is 6.61 Å². The van der Waals surface area contributed by atoms with Crippen molar-refractivity contribution in [1.82, 2.24) is 9.97 Å². The van der Waals surface area contributed by atoms with Crippen LogP contribution < -0.4 is 0 Å². The number of nitrogens with one attached hydrogen (secondary N) is 1.